The van der Waals surface area contributed by atoms with E-state index in [4.69, 9.17) is 0 Å². The zero-order chi connectivity index (χ0) is 17.3. The molecule has 0 spiro atoms. The van der Waals surface area contributed by atoms with E-state index in [1.54, 1.807) is 0 Å². The number of aryl methyl sites for hydroxylation is 1. The zero-order valence-electron chi connectivity index (χ0n) is 14.3. The summed E-state index contributed by atoms with van der Waals surface area (Å²) in [5.74, 6) is 0.871. The van der Waals surface area contributed by atoms with E-state index in [0.29, 0.717) is 0 Å². The van der Waals surface area contributed by atoms with Crippen molar-refractivity contribution < 1.29 is 4.79 Å². The predicted octanol–water partition coefficient (Wildman–Crippen LogP) is 3.79. The van der Waals surface area contributed by atoms with E-state index in [2.05, 4.69) is 27.5 Å². The Bertz CT molecular complexity index is 875. The third kappa shape index (κ3) is 3.31. The maximum atomic E-state index is 12.2. The number of amides is 1. The number of anilines is 1. The maximum absolute atomic E-state index is 12.2. The highest BCUT2D eigenvalue weighted by atomic mass is 32.1. The molecule has 0 radical (unpaired) electrons. The van der Waals surface area contributed by atoms with Gasteiger partial charge in [-0.2, -0.15) is 9.61 Å². The van der Waals surface area contributed by atoms with Crippen LogP contribution in [0.1, 0.15) is 39.9 Å². The van der Waals surface area contributed by atoms with Crippen molar-refractivity contribution in [2.45, 2.75) is 40.5 Å². The molecule has 1 amide bonds. The van der Waals surface area contributed by atoms with Crippen molar-refractivity contribution in [3.63, 3.8) is 0 Å². The van der Waals surface area contributed by atoms with Crippen molar-refractivity contribution in [2.24, 2.45) is 5.41 Å². The van der Waals surface area contributed by atoms with Gasteiger partial charge >= 0.3 is 0 Å². The number of fused-ring (bicyclic) bond motifs is 1. The van der Waals surface area contributed by atoms with Crippen LogP contribution < -0.4 is 5.32 Å². The van der Waals surface area contributed by atoms with E-state index in [9.17, 15) is 4.79 Å². The van der Waals surface area contributed by atoms with Crippen molar-refractivity contribution >= 4 is 27.9 Å². The van der Waals surface area contributed by atoms with Crippen LogP contribution >= 0.6 is 11.3 Å². The van der Waals surface area contributed by atoms with Gasteiger partial charge in [0.1, 0.15) is 5.01 Å². The van der Waals surface area contributed by atoms with Crippen LogP contribution in [0.25, 0.3) is 15.5 Å². The Morgan fingerprint density at radius 1 is 1.29 bits per heavy atom. The van der Waals surface area contributed by atoms with E-state index < -0.39 is 5.41 Å². The molecule has 0 fully saturated rings. The lowest BCUT2D eigenvalue weighted by Crippen LogP contribution is -2.27. The molecule has 0 saturated heterocycles. The summed E-state index contributed by atoms with van der Waals surface area (Å²) in [6.07, 6.45) is 1.86. The molecule has 2 heterocycles. The number of hydrogen-bond donors (Lipinski definition) is 1. The first-order chi connectivity index (χ1) is 11.4. The number of nitrogens with one attached hydrogen (secondary N) is 1. The van der Waals surface area contributed by atoms with Gasteiger partial charge in [-0.3, -0.25) is 4.79 Å². The molecular weight excluding hydrogens is 322 g/mol. The summed E-state index contributed by atoms with van der Waals surface area (Å²) in [5.41, 5.74) is 1.30. The highest BCUT2D eigenvalue weighted by Gasteiger charge is 2.21. The minimum absolute atomic E-state index is 0.0111. The molecule has 0 saturated carbocycles. The fourth-order valence-corrected chi connectivity index (χ4v) is 3.06. The minimum Gasteiger partial charge on any atom is -0.326 e. The zero-order valence-corrected chi connectivity index (χ0v) is 15.1. The Morgan fingerprint density at radius 2 is 2.08 bits per heavy atom. The smallest absolute Gasteiger partial charge is 0.234 e. The third-order valence-electron chi connectivity index (χ3n) is 3.58. The fraction of sp³-hybridized carbons (Fsp3) is 0.412. The summed E-state index contributed by atoms with van der Waals surface area (Å²) in [5, 5.41) is 16.8. The van der Waals surface area contributed by atoms with Gasteiger partial charge < -0.3 is 5.32 Å². The van der Waals surface area contributed by atoms with E-state index in [0.717, 1.165) is 39.9 Å². The van der Waals surface area contributed by atoms with Crippen LogP contribution in [0.5, 0.6) is 0 Å². The van der Waals surface area contributed by atoms with Gasteiger partial charge in [0, 0.05) is 23.1 Å². The van der Waals surface area contributed by atoms with Crippen molar-refractivity contribution in [1.29, 1.82) is 0 Å². The lowest BCUT2D eigenvalue weighted by molar-refractivity contribution is -0.123. The predicted molar refractivity (Wildman–Crippen MR) is 96.2 cm³/mol. The molecule has 2 aromatic heterocycles. The van der Waals surface area contributed by atoms with Crippen molar-refractivity contribution in [3.8, 4) is 10.6 Å². The van der Waals surface area contributed by atoms with Crippen LogP contribution in [0.3, 0.4) is 0 Å². The summed E-state index contributed by atoms with van der Waals surface area (Å²) >= 11 is 1.50. The van der Waals surface area contributed by atoms with E-state index in [1.165, 1.54) is 11.3 Å². The number of carbonyl (C=O) groups excluding carboxylic acids is 1. The van der Waals surface area contributed by atoms with Crippen LogP contribution in [0.2, 0.25) is 0 Å². The number of nitrogens with zero attached hydrogens (tertiary/aromatic N) is 4. The molecule has 3 aromatic rings. The monoisotopic (exact) mass is 343 g/mol. The van der Waals surface area contributed by atoms with Gasteiger partial charge in [-0.05, 0) is 18.6 Å². The van der Waals surface area contributed by atoms with Crippen LogP contribution in [0.15, 0.2) is 24.3 Å². The fourth-order valence-electron chi connectivity index (χ4n) is 2.20. The second-order valence-electron chi connectivity index (χ2n) is 6.75. The lowest BCUT2D eigenvalue weighted by atomic mass is 9.95. The molecule has 1 N–H and O–H groups in total. The molecule has 126 valence electrons. The Kier molecular flexibility index (Phi) is 4.36. The van der Waals surface area contributed by atoms with Crippen molar-refractivity contribution in [1.82, 2.24) is 19.8 Å². The third-order valence-corrected chi connectivity index (χ3v) is 4.53. The van der Waals surface area contributed by atoms with E-state index in [-0.39, 0.29) is 5.91 Å². The normalized spacial score (nSPS) is 11.8. The standard InChI is InChI=1S/C17H21N5OS/c1-5-7-13-19-20-16-22(13)21-14(24-16)11-8-6-9-12(10-11)18-15(23)17(2,3)4/h6,8-10H,5,7H2,1-4H3,(H,18,23). The van der Waals surface area contributed by atoms with Gasteiger partial charge in [0.05, 0.1) is 0 Å². The van der Waals surface area contributed by atoms with E-state index in [1.807, 2.05) is 49.6 Å². The minimum atomic E-state index is -0.432. The first kappa shape index (κ1) is 16.6. The number of aromatic nitrogens is 4. The highest BCUT2D eigenvalue weighted by Crippen LogP contribution is 2.28. The molecule has 0 aliphatic rings. The molecule has 0 aliphatic carbocycles. The van der Waals surface area contributed by atoms with Crippen LogP contribution in [-0.2, 0) is 11.2 Å². The molecule has 0 bridgehead atoms. The van der Waals surface area contributed by atoms with Crippen LogP contribution in [-0.4, -0.2) is 25.7 Å². The molecule has 0 unspecified atom stereocenters. The molecule has 6 nitrogen and oxygen atoms in total. The van der Waals surface area contributed by atoms with Crippen LogP contribution in [0.4, 0.5) is 5.69 Å². The number of rotatable bonds is 4. The van der Waals surface area contributed by atoms with Crippen LogP contribution in [0, 0.1) is 5.41 Å². The lowest BCUT2D eigenvalue weighted by Gasteiger charge is -2.17. The molecule has 7 heteroatoms. The van der Waals surface area contributed by atoms with Gasteiger partial charge in [0.15, 0.2) is 5.82 Å². The Labute approximate surface area is 144 Å². The summed E-state index contributed by atoms with van der Waals surface area (Å²) in [6, 6.07) is 7.73. The second-order valence-corrected chi connectivity index (χ2v) is 7.71. The average molecular weight is 343 g/mol. The van der Waals surface area contributed by atoms with Crippen molar-refractivity contribution in [3.05, 3.63) is 30.1 Å². The topological polar surface area (TPSA) is 72.2 Å². The molecule has 0 atom stereocenters. The van der Waals surface area contributed by atoms with Crippen molar-refractivity contribution in [2.75, 3.05) is 5.32 Å². The maximum Gasteiger partial charge on any atom is 0.234 e. The Morgan fingerprint density at radius 3 is 2.79 bits per heavy atom. The van der Waals surface area contributed by atoms with Gasteiger partial charge in [0.25, 0.3) is 0 Å². The van der Waals surface area contributed by atoms with E-state index >= 15 is 0 Å². The number of carbonyl (C=O) groups is 1. The average Bonchev–Trinajstić information content (AvgIpc) is 3.09. The summed E-state index contributed by atoms with van der Waals surface area (Å²) < 4.78 is 1.81. The second kappa shape index (κ2) is 6.32. The summed E-state index contributed by atoms with van der Waals surface area (Å²) in [4.78, 5) is 12.9. The molecule has 3 rings (SSSR count). The summed E-state index contributed by atoms with van der Waals surface area (Å²) in [6.45, 7) is 7.79. The Balaban J connectivity index is 1.90. The highest BCUT2D eigenvalue weighted by molar-refractivity contribution is 7.19. The molecule has 1 aromatic carbocycles. The van der Waals surface area contributed by atoms with Gasteiger partial charge in [0.2, 0.25) is 10.9 Å². The first-order valence-corrected chi connectivity index (χ1v) is 8.83. The van der Waals surface area contributed by atoms with Gasteiger partial charge in [-0.1, -0.05) is 51.2 Å². The molecular formula is C17H21N5OS. The first-order valence-electron chi connectivity index (χ1n) is 8.01. The quantitative estimate of drug-likeness (QED) is 0.782. The summed E-state index contributed by atoms with van der Waals surface area (Å²) in [7, 11) is 0. The largest absolute Gasteiger partial charge is 0.326 e. The van der Waals surface area contributed by atoms with Gasteiger partial charge in [-0.25, -0.2) is 0 Å². The molecule has 24 heavy (non-hydrogen) atoms. The van der Waals surface area contributed by atoms with Gasteiger partial charge in [-0.15, -0.1) is 10.2 Å². The molecule has 0 aliphatic heterocycles. The number of benzene rings is 1. The number of hydrogen-bond acceptors (Lipinski definition) is 5. The Hall–Kier alpha value is -2.28. The SMILES string of the molecule is CCCc1nnc2sc(-c3cccc(NC(=O)C(C)(C)C)c3)nn12.